The predicted molar refractivity (Wildman–Crippen MR) is 21.1 cm³/mol. The van der Waals surface area contributed by atoms with E-state index in [1.165, 1.54) is 0 Å². The second-order valence-electron chi connectivity index (χ2n) is 0.738. The van der Waals surface area contributed by atoms with Crippen LogP contribution in [0.2, 0.25) is 0 Å². The van der Waals surface area contributed by atoms with Gasteiger partial charge in [-0.05, 0) is 0 Å². The largest absolute Gasteiger partial charge is 0.370 e. The van der Waals surface area contributed by atoms with Crippen LogP contribution in [0.1, 0.15) is 0 Å². The Morgan fingerprint density at radius 2 is 2.17 bits per heavy atom. The van der Waals surface area contributed by atoms with Gasteiger partial charge in [0.05, 0.1) is 0 Å². The van der Waals surface area contributed by atoms with Gasteiger partial charge in [-0.15, -0.1) is 0 Å². The maximum atomic E-state index is 9.54. The summed E-state index contributed by atoms with van der Waals surface area (Å²) in [5.41, 5.74) is 2.88. The van der Waals surface area contributed by atoms with E-state index in [2.05, 4.69) is 5.73 Å². The summed E-state index contributed by atoms with van der Waals surface area (Å²) in [6.45, 7) is 0. The summed E-state index contributed by atoms with van der Waals surface area (Å²) < 4.78 is 0. The summed E-state index contributed by atoms with van der Waals surface area (Å²) in [5.74, 6) is -0.920. The number of nitrogens with two attached hydrogens (primary N) is 1. The molecule has 1 atom stereocenters. The lowest BCUT2D eigenvalue weighted by atomic mass is 10.7. The molecule has 36 valence electrons. The number of amides is 1. The van der Waals surface area contributed by atoms with E-state index >= 15 is 0 Å². The van der Waals surface area contributed by atoms with Crippen LogP contribution >= 0.6 is 11.6 Å². The standard InChI is InChI=1S/C2H4ClNO2/c3-1(5)2(4)6/h1,5H,(H2,4,6). The molecule has 0 saturated heterocycles. The van der Waals surface area contributed by atoms with E-state index < -0.39 is 11.5 Å². The van der Waals surface area contributed by atoms with E-state index in [0.29, 0.717) is 0 Å². The number of hydrogen-bond donors (Lipinski definition) is 2. The van der Waals surface area contributed by atoms with Crippen LogP contribution in [0.25, 0.3) is 0 Å². The zero-order valence-corrected chi connectivity index (χ0v) is 3.64. The van der Waals surface area contributed by atoms with Crippen LogP contribution in [-0.2, 0) is 4.79 Å². The lowest BCUT2D eigenvalue weighted by Gasteiger charge is -1.87. The molecule has 0 heterocycles. The number of aliphatic hydroxyl groups excluding tert-OH is 1. The van der Waals surface area contributed by atoms with Crippen LogP contribution < -0.4 is 5.73 Å². The first kappa shape index (κ1) is 5.72. The first-order valence-electron chi connectivity index (χ1n) is 1.26. The first-order valence-corrected chi connectivity index (χ1v) is 1.69. The third-order valence-corrected chi connectivity index (χ3v) is 0.450. The zero-order chi connectivity index (χ0) is 5.15. The smallest absolute Gasteiger partial charge is 0.261 e. The van der Waals surface area contributed by atoms with Crippen molar-refractivity contribution in [2.24, 2.45) is 5.73 Å². The van der Waals surface area contributed by atoms with Gasteiger partial charge in [-0.2, -0.15) is 0 Å². The molecule has 0 saturated carbocycles. The average molecular weight is 110 g/mol. The summed E-state index contributed by atoms with van der Waals surface area (Å²) >= 11 is 4.69. The fourth-order valence-electron chi connectivity index (χ4n) is 0. The molecule has 0 spiro atoms. The molecule has 0 fully saturated rings. The van der Waals surface area contributed by atoms with Crippen LogP contribution in [0, 0.1) is 0 Å². The molecule has 3 nitrogen and oxygen atoms in total. The Hall–Kier alpha value is -0.280. The SMILES string of the molecule is NC(=O)C(O)Cl. The Balaban J connectivity index is 3.26. The number of carbonyl (C=O) groups is 1. The molecule has 0 aromatic rings. The second-order valence-corrected chi connectivity index (χ2v) is 1.15. The van der Waals surface area contributed by atoms with Gasteiger partial charge in [0.2, 0.25) is 5.56 Å². The highest BCUT2D eigenvalue weighted by Crippen LogP contribution is 1.82. The van der Waals surface area contributed by atoms with Crippen molar-refractivity contribution in [3.8, 4) is 0 Å². The van der Waals surface area contributed by atoms with Crippen molar-refractivity contribution in [3.05, 3.63) is 0 Å². The number of rotatable bonds is 1. The Labute approximate surface area is 39.7 Å². The van der Waals surface area contributed by atoms with E-state index in [9.17, 15) is 4.79 Å². The molecular formula is C2H4ClNO2. The molecule has 0 aromatic heterocycles. The molecule has 1 unspecified atom stereocenters. The first-order chi connectivity index (χ1) is 2.64. The van der Waals surface area contributed by atoms with Crippen molar-refractivity contribution in [2.45, 2.75) is 5.56 Å². The number of carbonyl (C=O) groups excluding carboxylic acids is 1. The fourth-order valence-corrected chi connectivity index (χ4v) is 0. The van der Waals surface area contributed by atoms with Gasteiger partial charge in [-0.25, -0.2) is 0 Å². The maximum Gasteiger partial charge on any atom is 0.261 e. The number of halogens is 1. The van der Waals surface area contributed by atoms with Crippen LogP contribution in [0.15, 0.2) is 0 Å². The molecular weight excluding hydrogens is 105 g/mol. The average Bonchev–Trinajstić information content (AvgIpc) is 1.36. The summed E-state index contributed by atoms with van der Waals surface area (Å²) in [5, 5.41) is 7.92. The van der Waals surface area contributed by atoms with E-state index in [1.54, 1.807) is 0 Å². The molecule has 0 aromatic carbocycles. The van der Waals surface area contributed by atoms with Crippen molar-refractivity contribution in [3.63, 3.8) is 0 Å². The molecule has 0 rings (SSSR count). The van der Waals surface area contributed by atoms with Gasteiger partial charge in [0, 0.05) is 0 Å². The van der Waals surface area contributed by atoms with Gasteiger partial charge >= 0.3 is 0 Å². The third-order valence-electron chi connectivity index (χ3n) is 0.235. The lowest BCUT2D eigenvalue weighted by molar-refractivity contribution is -0.122. The van der Waals surface area contributed by atoms with E-state index in [0.717, 1.165) is 0 Å². The predicted octanol–water partition coefficient (Wildman–Crippen LogP) is -0.971. The highest BCUT2D eigenvalue weighted by molar-refractivity contribution is 6.29. The summed E-state index contributed by atoms with van der Waals surface area (Å²) in [6.07, 6.45) is 0. The summed E-state index contributed by atoms with van der Waals surface area (Å²) in [7, 11) is 0. The van der Waals surface area contributed by atoms with Crippen LogP contribution in [0.3, 0.4) is 0 Å². The molecule has 6 heavy (non-hydrogen) atoms. The topological polar surface area (TPSA) is 63.3 Å². The van der Waals surface area contributed by atoms with Gasteiger partial charge in [-0.3, -0.25) is 4.79 Å². The molecule has 0 radical (unpaired) electrons. The van der Waals surface area contributed by atoms with Crippen LogP contribution in [0.5, 0.6) is 0 Å². The maximum absolute atomic E-state index is 9.54. The van der Waals surface area contributed by atoms with E-state index in [-0.39, 0.29) is 0 Å². The van der Waals surface area contributed by atoms with E-state index in [1.807, 2.05) is 0 Å². The molecule has 0 aliphatic carbocycles. The third kappa shape index (κ3) is 1.99. The van der Waals surface area contributed by atoms with Crippen LogP contribution in [0.4, 0.5) is 0 Å². The number of aliphatic hydroxyl groups is 1. The highest BCUT2D eigenvalue weighted by atomic mass is 35.5. The van der Waals surface area contributed by atoms with Gasteiger partial charge in [0.1, 0.15) is 0 Å². The van der Waals surface area contributed by atoms with Gasteiger partial charge in [0.15, 0.2) is 0 Å². The summed E-state index contributed by atoms with van der Waals surface area (Å²) in [4.78, 5) is 9.54. The second kappa shape index (κ2) is 2.00. The number of alkyl halides is 1. The van der Waals surface area contributed by atoms with Gasteiger partial charge in [-0.1, -0.05) is 11.6 Å². The molecule has 0 aliphatic heterocycles. The van der Waals surface area contributed by atoms with Crippen molar-refractivity contribution >= 4 is 17.5 Å². The minimum absolute atomic E-state index is 0.920. The quantitative estimate of drug-likeness (QED) is 0.426. The van der Waals surface area contributed by atoms with Crippen LogP contribution in [-0.4, -0.2) is 16.6 Å². The van der Waals surface area contributed by atoms with Crippen molar-refractivity contribution in [2.75, 3.05) is 0 Å². The molecule has 0 bridgehead atoms. The normalized spacial score (nSPS) is 13.7. The molecule has 4 heteroatoms. The van der Waals surface area contributed by atoms with Gasteiger partial charge in [0.25, 0.3) is 5.91 Å². The zero-order valence-electron chi connectivity index (χ0n) is 2.89. The monoisotopic (exact) mass is 109 g/mol. The fraction of sp³-hybridized carbons (Fsp3) is 0.500. The van der Waals surface area contributed by atoms with Crippen molar-refractivity contribution < 1.29 is 9.90 Å². The minimum atomic E-state index is -1.54. The van der Waals surface area contributed by atoms with Crippen molar-refractivity contribution in [1.29, 1.82) is 0 Å². The number of hydrogen-bond acceptors (Lipinski definition) is 2. The summed E-state index contributed by atoms with van der Waals surface area (Å²) in [6, 6.07) is 0. The minimum Gasteiger partial charge on any atom is -0.370 e. The number of primary amides is 1. The molecule has 3 N–H and O–H groups in total. The Morgan fingerprint density at radius 1 is 2.00 bits per heavy atom. The lowest BCUT2D eigenvalue weighted by Crippen LogP contribution is -2.22. The highest BCUT2D eigenvalue weighted by Gasteiger charge is 2.01. The Bertz CT molecular complexity index is 62.6. The van der Waals surface area contributed by atoms with Gasteiger partial charge < -0.3 is 10.8 Å². The molecule has 1 amide bonds. The van der Waals surface area contributed by atoms with Crippen molar-refractivity contribution in [1.82, 2.24) is 0 Å². The Kier molecular flexibility index (Phi) is 1.90. The van der Waals surface area contributed by atoms with E-state index in [4.69, 9.17) is 16.7 Å². The molecule has 0 aliphatic rings. The Morgan fingerprint density at radius 3 is 2.17 bits per heavy atom.